The molecule has 0 saturated carbocycles. The molecule has 1 aromatic rings. The van der Waals surface area contributed by atoms with E-state index in [9.17, 15) is 4.79 Å². The van der Waals surface area contributed by atoms with Gasteiger partial charge in [0.05, 0.1) is 7.11 Å². The van der Waals surface area contributed by atoms with E-state index in [1.165, 1.54) is 12.7 Å². The first-order valence-electron chi connectivity index (χ1n) is 5.80. The van der Waals surface area contributed by atoms with Crippen LogP contribution in [0, 0.1) is 11.8 Å². The molecule has 0 radical (unpaired) electrons. The zero-order valence-corrected chi connectivity index (χ0v) is 11.3. The number of ether oxygens (including phenoxy) is 1. The maximum Gasteiger partial charge on any atom is 0.317 e. The molecule has 1 rings (SSSR count). The second-order valence-electron chi connectivity index (χ2n) is 5.11. The molecule has 0 aliphatic rings. The highest BCUT2D eigenvalue weighted by atomic mass is 16.5. The summed E-state index contributed by atoms with van der Waals surface area (Å²) in [6, 6.07) is 5.82. The summed E-state index contributed by atoms with van der Waals surface area (Å²) < 4.78 is 4.52. The van der Waals surface area contributed by atoms with E-state index < -0.39 is 0 Å². The van der Waals surface area contributed by atoms with E-state index in [0.29, 0.717) is 5.69 Å². The van der Waals surface area contributed by atoms with Gasteiger partial charge in [0.15, 0.2) is 0 Å². The molecule has 96 valence electrons. The number of methoxy groups -OCH3 is 1. The number of carbonyl (C=O) groups excluding carboxylic acids is 1. The third kappa shape index (κ3) is 3.81. The minimum atomic E-state index is -0.340. The van der Waals surface area contributed by atoms with Crippen LogP contribution in [0.4, 0.5) is 5.69 Å². The van der Waals surface area contributed by atoms with Crippen LogP contribution in [0.3, 0.4) is 0 Å². The maximum absolute atomic E-state index is 11.0. The van der Waals surface area contributed by atoms with Crippen molar-refractivity contribution < 1.29 is 9.53 Å². The zero-order valence-electron chi connectivity index (χ0n) is 11.3. The number of benzene rings is 1. The number of hydrogen-bond donors (Lipinski definition) is 1. The Bertz CT molecular complexity index is 501. The summed E-state index contributed by atoms with van der Waals surface area (Å²) in [7, 11) is 1.35. The Balaban J connectivity index is 2.98. The lowest BCUT2D eigenvalue weighted by Gasteiger charge is -2.19. The largest absolute Gasteiger partial charge is 0.468 e. The quantitative estimate of drug-likeness (QED) is 0.470. The molecule has 3 nitrogen and oxygen atoms in total. The van der Waals surface area contributed by atoms with Crippen LogP contribution in [-0.4, -0.2) is 13.1 Å². The van der Waals surface area contributed by atoms with Crippen LogP contribution in [-0.2, 0) is 14.9 Å². The standard InChI is InChI=1S/C15H19NO2/c1-15(2,3)12-8-9-13(16)11(10-12)6-5-7-14(17)18-4/h8-10H,7,16H2,1-4H3. The highest BCUT2D eigenvalue weighted by Gasteiger charge is 2.14. The van der Waals surface area contributed by atoms with E-state index in [4.69, 9.17) is 5.73 Å². The third-order valence-corrected chi connectivity index (χ3v) is 2.60. The van der Waals surface area contributed by atoms with Crippen molar-refractivity contribution in [3.05, 3.63) is 29.3 Å². The second kappa shape index (κ2) is 5.59. The average Bonchev–Trinajstić information content (AvgIpc) is 2.29. The molecule has 0 unspecified atom stereocenters. The van der Waals surface area contributed by atoms with Crippen LogP contribution in [0.2, 0.25) is 0 Å². The van der Waals surface area contributed by atoms with Gasteiger partial charge in [0.25, 0.3) is 0 Å². The van der Waals surface area contributed by atoms with Crippen LogP contribution in [0.15, 0.2) is 18.2 Å². The number of anilines is 1. The fraction of sp³-hybridized carbons (Fsp3) is 0.400. The minimum Gasteiger partial charge on any atom is -0.468 e. The normalized spacial score (nSPS) is 10.4. The lowest BCUT2D eigenvalue weighted by molar-refractivity contribution is -0.139. The van der Waals surface area contributed by atoms with E-state index in [1.54, 1.807) is 0 Å². The molecule has 1 aromatic carbocycles. The summed E-state index contributed by atoms with van der Waals surface area (Å²) in [5.41, 5.74) is 8.46. The number of carbonyl (C=O) groups is 1. The Hall–Kier alpha value is -1.95. The Morgan fingerprint density at radius 2 is 2.06 bits per heavy atom. The van der Waals surface area contributed by atoms with Gasteiger partial charge in [-0.2, -0.15) is 0 Å². The number of hydrogen-bond acceptors (Lipinski definition) is 3. The fourth-order valence-electron chi connectivity index (χ4n) is 1.41. The molecule has 2 N–H and O–H groups in total. The highest BCUT2D eigenvalue weighted by molar-refractivity contribution is 5.72. The van der Waals surface area contributed by atoms with Gasteiger partial charge >= 0.3 is 5.97 Å². The highest BCUT2D eigenvalue weighted by Crippen LogP contribution is 2.25. The van der Waals surface area contributed by atoms with Crippen molar-refractivity contribution in [2.24, 2.45) is 0 Å². The van der Waals surface area contributed by atoms with Crippen LogP contribution in [0.5, 0.6) is 0 Å². The fourth-order valence-corrected chi connectivity index (χ4v) is 1.41. The van der Waals surface area contributed by atoms with Gasteiger partial charge in [-0.1, -0.05) is 38.7 Å². The SMILES string of the molecule is COC(=O)CC#Cc1cc(C(C)(C)C)ccc1N. The molecule has 0 aliphatic heterocycles. The van der Waals surface area contributed by atoms with Crippen molar-refractivity contribution in [3.8, 4) is 11.8 Å². The lowest BCUT2D eigenvalue weighted by Crippen LogP contribution is -2.11. The van der Waals surface area contributed by atoms with Crippen molar-refractivity contribution >= 4 is 11.7 Å². The summed E-state index contributed by atoms with van der Waals surface area (Å²) in [5, 5.41) is 0. The van der Waals surface area contributed by atoms with Crippen LogP contribution < -0.4 is 5.73 Å². The van der Waals surface area contributed by atoms with Gasteiger partial charge in [-0.25, -0.2) is 0 Å². The Morgan fingerprint density at radius 3 is 2.61 bits per heavy atom. The van der Waals surface area contributed by atoms with Gasteiger partial charge in [-0.05, 0) is 23.1 Å². The lowest BCUT2D eigenvalue weighted by atomic mass is 9.86. The molecule has 0 bridgehead atoms. The van der Waals surface area contributed by atoms with Crippen molar-refractivity contribution in [1.82, 2.24) is 0 Å². The molecule has 18 heavy (non-hydrogen) atoms. The Morgan fingerprint density at radius 1 is 1.39 bits per heavy atom. The molecule has 0 fully saturated rings. The van der Waals surface area contributed by atoms with Gasteiger partial charge in [0, 0.05) is 11.3 Å². The summed E-state index contributed by atoms with van der Waals surface area (Å²) in [5.74, 6) is 5.34. The molecule has 0 aromatic heterocycles. The van der Waals surface area contributed by atoms with E-state index in [2.05, 4.69) is 37.3 Å². The van der Waals surface area contributed by atoms with E-state index in [0.717, 1.165) is 5.56 Å². The predicted octanol–water partition coefficient (Wildman–Crippen LogP) is 2.48. The van der Waals surface area contributed by atoms with Crippen LogP contribution in [0.1, 0.15) is 38.3 Å². The topological polar surface area (TPSA) is 52.3 Å². The maximum atomic E-state index is 11.0. The van der Waals surface area contributed by atoms with Crippen molar-refractivity contribution in [2.75, 3.05) is 12.8 Å². The summed E-state index contributed by atoms with van der Waals surface area (Å²) in [4.78, 5) is 11.0. The minimum absolute atomic E-state index is 0.0481. The number of esters is 1. The molecule has 3 heteroatoms. The molecule has 0 amide bonds. The Kier molecular flexibility index (Phi) is 4.38. The summed E-state index contributed by atoms with van der Waals surface area (Å²) in [6.07, 6.45) is 0.0791. The van der Waals surface area contributed by atoms with Crippen LogP contribution in [0.25, 0.3) is 0 Å². The van der Waals surface area contributed by atoms with E-state index in [1.807, 2.05) is 18.2 Å². The monoisotopic (exact) mass is 245 g/mol. The van der Waals surface area contributed by atoms with Crippen LogP contribution >= 0.6 is 0 Å². The number of rotatable bonds is 1. The summed E-state index contributed by atoms with van der Waals surface area (Å²) in [6.45, 7) is 6.39. The zero-order chi connectivity index (χ0) is 13.8. The molecule has 0 saturated heterocycles. The van der Waals surface area contributed by atoms with Gasteiger partial charge < -0.3 is 10.5 Å². The third-order valence-electron chi connectivity index (χ3n) is 2.60. The van der Waals surface area contributed by atoms with Crippen molar-refractivity contribution in [3.63, 3.8) is 0 Å². The van der Waals surface area contributed by atoms with Gasteiger partial charge in [-0.3, -0.25) is 4.79 Å². The average molecular weight is 245 g/mol. The van der Waals surface area contributed by atoms with Crippen molar-refractivity contribution in [1.29, 1.82) is 0 Å². The second-order valence-corrected chi connectivity index (χ2v) is 5.11. The molecule has 0 spiro atoms. The smallest absolute Gasteiger partial charge is 0.317 e. The Labute approximate surface area is 108 Å². The molecule has 0 heterocycles. The van der Waals surface area contributed by atoms with Gasteiger partial charge in [-0.15, -0.1) is 0 Å². The first-order valence-corrected chi connectivity index (χ1v) is 5.80. The molecule has 0 atom stereocenters. The van der Waals surface area contributed by atoms with Gasteiger partial charge in [0.1, 0.15) is 6.42 Å². The predicted molar refractivity (Wildman–Crippen MR) is 73.1 cm³/mol. The number of nitrogen functional groups attached to an aromatic ring is 1. The van der Waals surface area contributed by atoms with E-state index >= 15 is 0 Å². The molecule has 0 aliphatic carbocycles. The summed E-state index contributed by atoms with van der Waals surface area (Å²) >= 11 is 0. The first kappa shape index (κ1) is 14.1. The van der Waals surface area contributed by atoms with Crippen molar-refractivity contribution in [2.45, 2.75) is 32.6 Å². The number of nitrogens with two attached hydrogens (primary N) is 1. The first-order chi connectivity index (χ1) is 8.34. The van der Waals surface area contributed by atoms with Gasteiger partial charge in [0.2, 0.25) is 0 Å². The molecular formula is C15H19NO2. The molecular weight excluding hydrogens is 226 g/mol. The van der Waals surface area contributed by atoms with E-state index in [-0.39, 0.29) is 17.8 Å².